The fraction of sp³-hybridized carbons (Fsp3) is 0.0833. The molecule has 0 aliphatic heterocycles. The summed E-state index contributed by atoms with van der Waals surface area (Å²) in [6, 6.07) is 9.94. The van der Waals surface area contributed by atoms with E-state index in [9.17, 15) is 0 Å². The first-order chi connectivity index (χ1) is 7.33. The molecule has 0 saturated carbocycles. The van der Waals surface area contributed by atoms with E-state index in [0.717, 1.165) is 28.2 Å². The summed E-state index contributed by atoms with van der Waals surface area (Å²) < 4.78 is 5.25. The van der Waals surface area contributed by atoms with Gasteiger partial charge in [-0.3, -0.25) is 0 Å². The highest BCUT2D eigenvalue weighted by molar-refractivity contribution is 5.79. The van der Waals surface area contributed by atoms with E-state index < -0.39 is 0 Å². The van der Waals surface area contributed by atoms with Gasteiger partial charge in [0.2, 0.25) is 0 Å². The van der Waals surface area contributed by atoms with Crippen LogP contribution in [0.3, 0.4) is 0 Å². The van der Waals surface area contributed by atoms with E-state index in [1.165, 1.54) is 0 Å². The van der Waals surface area contributed by atoms with Crippen LogP contribution in [0.15, 0.2) is 41.0 Å². The van der Waals surface area contributed by atoms with E-state index >= 15 is 0 Å². The van der Waals surface area contributed by atoms with Crippen LogP contribution >= 0.6 is 0 Å². The molecule has 15 heavy (non-hydrogen) atoms. The molecule has 2 heterocycles. The zero-order valence-electron chi connectivity index (χ0n) is 8.32. The number of nitrogens with one attached hydrogen (secondary N) is 1. The molecule has 0 aliphatic rings. The molecule has 74 valence electrons. The number of imidazole rings is 1. The normalized spacial score (nSPS) is 11.0. The first kappa shape index (κ1) is 8.29. The van der Waals surface area contributed by atoms with Crippen molar-refractivity contribution in [2.45, 2.75) is 6.92 Å². The minimum absolute atomic E-state index is 0.855. The van der Waals surface area contributed by atoms with Gasteiger partial charge in [0, 0.05) is 0 Å². The number of aromatic amines is 1. The summed E-state index contributed by atoms with van der Waals surface area (Å²) in [5.74, 6) is 1.75. The maximum absolute atomic E-state index is 5.25. The van der Waals surface area contributed by atoms with E-state index in [1.54, 1.807) is 6.26 Å². The third-order valence-corrected chi connectivity index (χ3v) is 2.39. The number of fused-ring (bicyclic) bond motifs is 1. The van der Waals surface area contributed by atoms with Crippen LogP contribution in [0.5, 0.6) is 0 Å². The van der Waals surface area contributed by atoms with Crippen molar-refractivity contribution in [1.82, 2.24) is 9.97 Å². The fourth-order valence-electron chi connectivity index (χ4n) is 1.66. The Morgan fingerprint density at radius 2 is 2.13 bits per heavy atom. The van der Waals surface area contributed by atoms with Crippen molar-refractivity contribution in [3.8, 4) is 11.4 Å². The molecule has 3 nitrogen and oxygen atoms in total. The molecule has 3 aromatic rings. The van der Waals surface area contributed by atoms with Gasteiger partial charge in [0.1, 0.15) is 17.8 Å². The topological polar surface area (TPSA) is 41.8 Å². The number of aryl methyl sites for hydroxylation is 1. The van der Waals surface area contributed by atoms with Crippen LogP contribution in [0.25, 0.3) is 22.4 Å². The molecule has 0 unspecified atom stereocenters. The Kier molecular flexibility index (Phi) is 1.65. The van der Waals surface area contributed by atoms with E-state index in [1.807, 2.05) is 37.3 Å². The third kappa shape index (κ3) is 1.32. The monoisotopic (exact) mass is 198 g/mol. The number of rotatable bonds is 1. The second kappa shape index (κ2) is 2.98. The largest absolute Gasteiger partial charge is 0.469 e. The SMILES string of the molecule is Cc1cc(-c2nc3ccccc3[nH]2)co1. The molecule has 1 N–H and O–H groups in total. The van der Waals surface area contributed by atoms with Gasteiger partial charge in [-0.1, -0.05) is 12.1 Å². The molecule has 3 rings (SSSR count). The number of benzene rings is 1. The molecular formula is C12H10N2O. The summed E-state index contributed by atoms with van der Waals surface area (Å²) in [4.78, 5) is 7.73. The van der Waals surface area contributed by atoms with Crippen molar-refractivity contribution >= 4 is 11.0 Å². The van der Waals surface area contributed by atoms with Crippen LogP contribution in [-0.2, 0) is 0 Å². The Bertz CT molecular complexity index is 574. The molecule has 0 bridgehead atoms. The summed E-state index contributed by atoms with van der Waals surface area (Å²) in [6.45, 7) is 1.92. The molecule has 0 amide bonds. The lowest BCUT2D eigenvalue weighted by Crippen LogP contribution is -1.74. The summed E-state index contributed by atoms with van der Waals surface area (Å²) in [5.41, 5.74) is 3.02. The van der Waals surface area contributed by atoms with E-state index in [4.69, 9.17) is 4.42 Å². The van der Waals surface area contributed by atoms with Crippen LogP contribution in [0.1, 0.15) is 5.76 Å². The second-order valence-electron chi connectivity index (χ2n) is 3.55. The fourth-order valence-corrected chi connectivity index (χ4v) is 1.66. The van der Waals surface area contributed by atoms with Crippen LogP contribution < -0.4 is 0 Å². The van der Waals surface area contributed by atoms with E-state index in [0.29, 0.717) is 0 Å². The first-order valence-corrected chi connectivity index (χ1v) is 4.83. The minimum atomic E-state index is 0.855. The highest BCUT2D eigenvalue weighted by Gasteiger charge is 2.06. The quantitative estimate of drug-likeness (QED) is 0.652. The van der Waals surface area contributed by atoms with Gasteiger partial charge in [0.25, 0.3) is 0 Å². The Balaban J connectivity index is 2.19. The van der Waals surface area contributed by atoms with Crippen LogP contribution in [0.4, 0.5) is 0 Å². The van der Waals surface area contributed by atoms with Crippen molar-refractivity contribution in [2.75, 3.05) is 0 Å². The summed E-state index contributed by atoms with van der Waals surface area (Å²) in [7, 11) is 0. The van der Waals surface area contributed by atoms with Crippen LogP contribution in [0.2, 0.25) is 0 Å². The van der Waals surface area contributed by atoms with Gasteiger partial charge in [0.05, 0.1) is 16.6 Å². The van der Waals surface area contributed by atoms with Gasteiger partial charge >= 0.3 is 0 Å². The Labute approximate surface area is 86.8 Å². The molecule has 0 fully saturated rings. The molecular weight excluding hydrogens is 188 g/mol. The summed E-state index contributed by atoms with van der Waals surface area (Å²) in [5, 5.41) is 0. The molecule has 0 spiro atoms. The molecule has 1 aromatic carbocycles. The number of hydrogen-bond donors (Lipinski definition) is 1. The number of furan rings is 1. The predicted octanol–water partition coefficient (Wildman–Crippen LogP) is 3.13. The number of H-pyrrole nitrogens is 1. The molecule has 0 aliphatic carbocycles. The maximum Gasteiger partial charge on any atom is 0.141 e. The van der Waals surface area contributed by atoms with Crippen molar-refractivity contribution in [3.63, 3.8) is 0 Å². The maximum atomic E-state index is 5.25. The molecule has 2 aromatic heterocycles. The van der Waals surface area contributed by atoms with E-state index in [-0.39, 0.29) is 0 Å². The van der Waals surface area contributed by atoms with Crippen molar-refractivity contribution < 1.29 is 4.42 Å². The number of aromatic nitrogens is 2. The lowest BCUT2D eigenvalue weighted by Gasteiger charge is -1.85. The number of para-hydroxylation sites is 2. The lowest BCUT2D eigenvalue weighted by molar-refractivity contribution is 0.535. The minimum Gasteiger partial charge on any atom is -0.469 e. The summed E-state index contributed by atoms with van der Waals surface area (Å²) >= 11 is 0. The molecule has 0 atom stereocenters. The smallest absolute Gasteiger partial charge is 0.141 e. The van der Waals surface area contributed by atoms with E-state index in [2.05, 4.69) is 9.97 Å². The van der Waals surface area contributed by atoms with Crippen molar-refractivity contribution in [2.24, 2.45) is 0 Å². The van der Waals surface area contributed by atoms with Gasteiger partial charge in [-0.2, -0.15) is 0 Å². The number of hydrogen-bond acceptors (Lipinski definition) is 2. The predicted molar refractivity (Wildman–Crippen MR) is 58.5 cm³/mol. The van der Waals surface area contributed by atoms with Crippen LogP contribution in [-0.4, -0.2) is 9.97 Å². The first-order valence-electron chi connectivity index (χ1n) is 4.83. The van der Waals surface area contributed by atoms with Gasteiger partial charge in [-0.05, 0) is 25.1 Å². The average molecular weight is 198 g/mol. The average Bonchev–Trinajstić information content (AvgIpc) is 2.82. The number of nitrogens with zero attached hydrogens (tertiary/aromatic N) is 1. The lowest BCUT2D eigenvalue weighted by atomic mass is 10.3. The molecule has 0 radical (unpaired) electrons. The van der Waals surface area contributed by atoms with Gasteiger partial charge in [-0.25, -0.2) is 4.98 Å². The van der Waals surface area contributed by atoms with Gasteiger partial charge in [0.15, 0.2) is 0 Å². The summed E-state index contributed by atoms with van der Waals surface area (Å²) in [6.07, 6.45) is 1.72. The van der Waals surface area contributed by atoms with Crippen molar-refractivity contribution in [3.05, 3.63) is 42.4 Å². The highest BCUT2D eigenvalue weighted by Crippen LogP contribution is 2.21. The Hall–Kier alpha value is -2.03. The zero-order valence-corrected chi connectivity index (χ0v) is 8.32. The van der Waals surface area contributed by atoms with Crippen LogP contribution in [0, 0.1) is 6.92 Å². The third-order valence-electron chi connectivity index (χ3n) is 2.39. The van der Waals surface area contributed by atoms with Crippen molar-refractivity contribution in [1.29, 1.82) is 0 Å². The molecule has 0 saturated heterocycles. The van der Waals surface area contributed by atoms with Gasteiger partial charge in [-0.15, -0.1) is 0 Å². The van der Waals surface area contributed by atoms with Gasteiger partial charge < -0.3 is 9.40 Å². The zero-order chi connectivity index (χ0) is 10.3. The highest BCUT2D eigenvalue weighted by atomic mass is 16.3. The Morgan fingerprint density at radius 3 is 2.87 bits per heavy atom. The second-order valence-corrected chi connectivity index (χ2v) is 3.55. The Morgan fingerprint density at radius 1 is 1.27 bits per heavy atom. The standard InChI is InChI=1S/C12H10N2O/c1-8-6-9(7-15-8)12-13-10-4-2-3-5-11(10)14-12/h2-7H,1H3,(H,13,14). The molecule has 3 heteroatoms.